The van der Waals surface area contributed by atoms with Crippen LogP contribution < -0.4 is 0 Å². The number of nitrogens with zero attached hydrogens (tertiary/aromatic N) is 2. The molecule has 2 rings (SSSR count). The van der Waals surface area contributed by atoms with E-state index in [9.17, 15) is 9.90 Å². The van der Waals surface area contributed by atoms with Crippen LogP contribution >= 0.6 is 0 Å². The lowest BCUT2D eigenvalue weighted by molar-refractivity contribution is -0.151. The molecule has 0 aromatic carbocycles. The maximum Gasteiger partial charge on any atom is 0.308 e. The zero-order chi connectivity index (χ0) is 15.5. The van der Waals surface area contributed by atoms with Crippen molar-refractivity contribution in [2.45, 2.75) is 51.2 Å². The summed E-state index contributed by atoms with van der Waals surface area (Å²) in [5.74, 6) is -0.107. The number of β-amino-alcohol motifs (C(OH)–C–C–N with tert-alkyl or cyclic N) is 1. The first-order valence-electron chi connectivity index (χ1n) is 8.25. The quantitative estimate of drug-likeness (QED) is 0.788. The van der Waals surface area contributed by atoms with Gasteiger partial charge in [-0.15, -0.1) is 0 Å². The van der Waals surface area contributed by atoms with E-state index in [1.807, 2.05) is 6.92 Å². The molecule has 1 N–H and O–H groups in total. The second kappa shape index (κ2) is 7.07. The highest BCUT2D eigenvalue weighted by molar-refractivity contribution is 5.72. The second-order valence-corrected chi connectivity index (χ2v) is 6.82. The fourth-order valence-corrected chi connectivity index (χ4v) is 3.49. The molecule has 2 aliphatic rings. The molecule has 0 radical (unpaired) electrons. The molecule has 0 aromatic rings. The van der Waals surface area contributed by atoms with Gasteiger partial charge in [-0.25, -0.2) is 0 Å². The van der Waals surface area contributed by atoms with Gasteiger partial charge in [-0.05, 0) is 46.6 Å². The number of aliphatic hydroxyl groups is 1. The van der Waals surface area contributed by atoms with Gasteiger partial charge in [0.25, 0.3) is 0 Å². The molecule has 122 valence electrons. The molecule has 5 heteroatoms. The van der Waals surface area contributed by atoms with E-state index >= 15 is 0 Å². The molecule has 0 bridgehead atoms. The minimum absolute atomic E-state index is 0.0170. The topological polar surface area (TPSA) is 53.0 Å². The Morgan fingerprint density at radius 1 is 1.33 bits per heavy atom. The Kier molecular flexibility index (Phi) is 5.63. The van der Waals surface area contributed by atoms with Crippen molar-refractivity contribution in [2.75, 3.05) is 39.8 Å². The SMILES string of the molecule is CCOC(=O)C1CCC(O)(CN2CCN(C)C(C)C2)CC1. The predicted octanol–water partition coefficient (Wildman–Crippen LogP) is 1.11. The summed E-state index contributed by atoms with van der Waals surface area (Å²) in [5, 5.41) is 10.8. The van der Waals surface area contributed by atoms with Crippen LogP contribution in [0.3, 0.4) is 0 Å². The van der Waals surface area contributed by atoms with Crippen LogP contribution in [0.1, 0.15) is 39.5 Å². The first kappa shape index (κ1) is 16.7. The van der Waals surface area contributed by atoms with Gasteiger partial charge in [-0.2, -0.15) is 0 Å². The van der Waals surface area contributed by atoms with E-state index in [4.69, 9.17) is 4.74 Å². The van der Waals surface area contributed by atoms with Crippen LogP contribution in [0.2, 0.25) is 0 Å². The minimum atomic E-state index is -0.626. The first-order chi connectivity index (χ1) is 9.93. The lowest BCUT2D eigenvalue weighted by Gasteiger charge is -2.43. The van der Waals surface area contributed by atoms with E-state index in [0.29, 0.717) is 25.5 Å². The number of piperazine rings is 1. The number of ether oxygens (including phenoxy) is 1. The van der Waals surface area contributed by atoms with Crippen molar-refractivity contribution in [3.8, 4) is 0 Å². The molecular formula is C16H30N2O3. The number of hydrogen-bond acceptors (Lipinski definition) is 5. The predicted molar refractivity (Wildman–Crippen MR) is 82.1 cm³/mol. The zero-order valence-electron chi connectivity index (χ0n) is 13.7. The summed E-state index contributed by atoms with van der Waals surface area (Å²) in [5.41, 5.74) is -0.626. The summed E-state index contributed by atoms with van der Waals surface area (Å²) in [6.45, 7) is 8.34. The largest absolute Gasteiger partial charge is 0.466 e. The van der Waals surface area contributed by atoms with E-state index in [2.05, 4.69) is 23.8 Å². The molecule has 0 aromatic heterocycles. The van der Waals surface area contributed by atoms with Crippen LogP contribution in [0.5, 0.6) is 0 Å². The van der Waals surface area contributed by atoms with E-state index in [1.165, 1.54) is 0 Å². The van der Waals surface area contributed by atoms with Gasteiger partial charge in [0.05, 0.1) is 18.1 Å². The summed E-state index contributed by atoms with van der Waals surface area (Å²) in [4.78, 5) is 16.5. The third-order valence-corrected chi connectivity index (χ3v) is 5.10. The highest BCUT2D eigenvalue weighted by atomic mass is 16.5. The van der Waals surface area contributed by atoms with Crippen LogP contribution in [0, 0.1) is 5.92 Å². The Hall–Kier alpha value is -0.650. The standard InChI is InChI=1S/C16H30N2O3/c1-4-21-15(19)14-5-7-16(20,8-6-14)12-18-10-9-17(3)13(2)11-18/h13-14,20H,4-12H2,1-3H3. The lowest BCUT2D eigenvalue weighted by atomic mass is 9.78. The van der Waals surface area contributed by atoms with Gasteiger partial charge in [-0.1, -0.05) is 0 Å². The Bertz CT molecular complexity index is 353. The molecule has 1 saturated carbocycles. The molecule has 1 aliphatic carbocycles. The molecular weight excluding hydrogens is 268 g/mol. The molecule has 1 atom stereocenters. The monoisotopic (exact) mass is 298 g/mol. The highest BCUT2D eigenvalue weighted by Crippen LogP contribution is 2.33. The number of hydrogen-bond donors (Lipinski definition) is 1. The van der Waals surface area contributed by atoms with Crippen molar-refractivity contribution in [1.29, 1.82) is 0 Å². The van der Waals surface area contributed by atoms with Gasteiger partial charge < -0.3 is 14.7 Å². The summed E-state index contributed by atoms with van der Waals surface area (Å²) >= 11 is 0. The van der Waals surface area contributed by atoms with E-state index in [0.717, 1.165) is 39.0 Å². The van der Waals surface area contributed by atoms with Crippen molar-refractivity contribution in [2.24, 2.45) is 5.92 Å². The number of rotatable bonds is 4. The molecule has 21 heavy (non-hydrogen) atoms. The summed E-state index contributed by atoms with van der Waals surface area (Å²) in [7, 11) is 2.15. The number of carbonyl (C=O) groups is 1. The summed E-state index contributed by atoms with van der Waals surface area (Å²) in [6.07, 6.45) is 2.91. The Balaban J connectivity index is 1.81. The Morgan fingerprint density at radius 3 is 2.57 bits per heavy atom. The molecule has 1 unspecified atom stereocenters. The van der Waals surface area contributed by atoms with Gasteiger partial charge in [0.1, 0.15) is 0 Å². The fraction of sp³-hybridized carbons (Fsp3) is 0.938. The molecule has 5 nitrogen and oxygen atoms in total. The smallest absolute Gasteiger partial charge is 0.308 e. The second-order valence-electron chi connectivity index (χ2n) is 6.82. The molecule has 0 amide bonds. The van der Waals surface area contributed by atoms with Crippen LogP contribution in [0.15, 0.2) is 0 Å². The van der Waals surface area contributed by atoms with Crippen molar-refractivity contribution in [3.05, 3.63) is 0 Å². The molecule has 2 fully saturated rings. The van der Waals surface area contributed by atoms with Crippen LogP contribution in [0.4, 0.5) is 0 Å². The van der Waals surface area contributed by atoms with E-state index in [-0.39, 0.29) is 11.9 Å². The van der Waals surface area contributed by atoms with Crippen LogP contribution in [-0.2, 0) is 9.53 Å². The Morgan fingerprint density at radius 2 is 2.00 bits per heavy atom. The van der Waals surface area contributed by atoms with Crippen molar-refractivity contribution in [3.63, 3.8) is 0 Å². The van der Waals surface area contributed by atoms with Gasteiger partial charge in [0, 0.05) is 32.2 Å². The fourth-order valence-electron chi connectivity index (χ4n) is 3.49. The summed E-state index contributed by atoms with van der Waals surface area (Å²) < 4.78 is 5.09. The van der Waals surface area contributed by atoms with Gasteiger partial charge in [0.15, 0.2) is 0 Å². The third-order valence-electron chi connectivity index (χ3n) is 5.10. The number of likely N-dealkylation sites (N-methyl/N-ethyl adjacent to an activating group) is 1. The van der Waals surface area contributed by atoms with Gasteiger partial charge in [0.2, 0.25) is 0 Å². The number of carbonyl (C=O) groups excluding carboxylic acids is 1. The average molecular weight is 298 g/mol. The van der Waals surface area contributed by atoms with Crippen molar-refractivity contribution >= 4 is 5.97 Å². The molecule has 1 heterocycles. The zero-order valence-corrected chi connectivity index (χ0v) is 13.7. The minimum Gasteiger partial charge on any atom is -0.466 e. The lowest BCUT2D eigenvalue weighted by Crippen LogP contribution is -2.55. The van der Waals surface area contributed by atoms with Gasteiger partial charge >= 0.3 is 5.97 Å². The average Bonchev–Trinajstić information content (AvgIpc) is 2.44. The maximum absolute atomic E-state index is 11.8. The molecule has 1 aliphatic heterocycles. The summed E-state index contributed by atoms with van der Waals surface area (Å²) in [6, 6.07) is 0.540. The van der Waals surface area contributed by atoms with Crippen molar-refractivity contribution < 1.29 is 14.6 Å². The normalized spacial score (nSPS) is 35.6. The number of esters is 1. The van der Waals surface area contributed by atoms with Crippen LogP contribution in [-0.4, -0.2) is 72.4 Å². The van der Waals surface area contributed by atoms with E-state index in [1.54, 1.807) is 0 Å². The van der Waals surface area contributed by atoms with E-state index < -0.39 is 5.60 Å². The third kappa shape index (κ3) is 4.41. The van der Waals surface area contributed by atoms with Gasteiger partial charge in [-0.3, -0.25) is 9.69 Å². The Labute approximate surface area is 128 Å². The van der Waals surface area contributed by atoms with Crippen molar-refractivity contribution in [1.82, 2.24) is 9.80 Å². The first-order valence-corrected chi connectivity index (χ1v) is 8.25. The molecule has 0 spiro atoms. The maximum atomic E-state index is 11.8. The molecule has 1 saturated heterocycles. The van der Waals surface area contributed by atoms with Crippen LogP contribution in [0.25, 0.3) is 0 Å². The highest BCUT2D eigenvalue weighted by Gasteiger charge is 2.38.